The molecule has 0 spiro atoms. The van der Waals surface area contributed by atoms with E-state index in [1.54, 1.807) is 19.2 Å². The second-order valence-corrected chi connectivity index (χ2v) is 2.98. The molecule has 5 heteroatoms. The molecule has 0 saturated heterocycles. The molecule has 1 aromatic heterocycles. The minimum atomic E-state index is -0.985. The van der Waals surface area contributed by atoms with Gasteiger partial charge in [-0.2, -0.15) is 0 Å². The molecule has 2 rings (SSSR count). The lowest BCUT2D eigenvalue weighted by atomic mass is 10.1. The molecule has 0 aliphatic carbocycles. The molecule has 0 saturated carbocycles. The van der Waals surface area contributed by atoms with E-state index < -0.39 is 5.97 Å². The zero-order chi connectivity index (χ0) is 10.8. The van der Waals surface area contributed by atoms with Crippen LogP contribution in [-0.4, -0.2) is 28.1 Å². The fraction of sp³-hybridized carbons (Fsp3) is 0.100. The van der Waals surface area contributed by atoms with E-state index in [2.05, 4.69) is 15.3 Å². The Hall–Kier alpha value is -2.17. The van der Waals surface area contributed by atoms with Crippen molar-refractivity contribution in [1.82, 2.24) is 9.97 Å². The van der Waals surface area contributed by atoms with Gasteiger partial charge in [0.2, 0.25) is 0 Å². The molecule has 0 unspecified atom stereocenters. The second-order valence-electron chi connectivity index (χ2n) is 2.98. The zero-order valence-electron chi connectivity index (χ0n) is 8.06. The number of para-hydroxylation sites is 1. The molecule has 2 aromatic rings. The summed E-state index contributed by atoms with van der Waals surface area (Å²) in [7, 11) is 1.73. The van der Waals surface area contributed by atoms with Crippen molar-refractivity contribution in [1.29, 1.82) is 0 Å². The minimum absolute atomic E-state index is 0.186. The number of nitrogens with zero attached hydrogens (tertiary/aromatic N) is 2. The topological polar surface area (TPSA) is 75.1 Å². The molecule has 0 bridgehead atoms. The molecule has 1 aromatic carbocycles. The van der Waals surface area contributed by atoms with Crippen LogP contribution in [0, 0.1) is 0 Å². The Balaban J connectivity index is 2.82. The number of carboxylic acids is 1. The van der Waals surface area contributed by atoms with Crippen molar-refractivity contribution in [2.75, 3.05) is 12.4 Å². The number of carbonyl (C=O) groups is 1. The zero-order valence-corrected chi connectivity index (χ0v) is 8.06. The highest BCUT2D eigenvalue weighted by atomic mass is 16.4. The lowest BCUT2D eigenvalue weighted by Gasteiger charge is -2.05. The molecule has 0 aliphatic rings. The highest BCUT2D eigenvalue weighted by molar-refractivity contribution is 6.04. The number of aromatic carboxylic acids is 1. The quantitative estimate of drug-likeness (QED) is 0.770. The monoisotopic (exact) mass is 203 g/mol. The number of nitrogens with one attached hydrogen (secondary N) is 1. The van der Waals surface area contributed by atoms with Gasteiger partial charge in [0.15, 0.2) is 0 Å². The fourth-order valence-corrected chi connectivity index (χ4v) is 1.46. The first-order chi connectivity index (χ1) is 7.24. The van der Waals surface area contributed by atoms with Crippen LogP contribution in [0.4, 0.5) is 5.82 Å². The van der Waals surface area contributed by atoms with Crippen LogP contribution in [0.1, 0.15) is 10.4 Å². The first-order valence-corrected chi connectivity index (χ1v) is 4.39. The molecule has 0 fully saturated rings. The van der Waals surface area contributed by atoms with Crippen LogP contribution < -0.4 is 5.32 Å². The van der Waals surface area contributed by atoms with Crippen molar-refractivity contribution in [2.24, 2.45) is 0 Å². The van der Waals surface area contributed by atoms with Crippen molar-refractivity contribution in [3.05, 3.63) is 30.1 Å². The van der Waals surface area contributed by atoms with E-state index in [9.17, 15) is 4.79 Å². The van der Waals surface area contributed by atoms with Gasteiger partial charge in [-0.3, -0.25) is 0 Å². The van der Waals surface area contributed by atoms with Crippen molar-refractivity contribution < 1.29 is 9.90 Å². The molecule has 0 radical (unpaired) electrons. The normalized spacial score (nSPS) is 10.2. The summed E-state index contributed by atoms with van der Waals surface area (Å²) in [5, 5.41) is 12.6. The van der Waals surface area contributed by atoms with Gasteiger partial charge in [0.1, 0.15) is 12.1 Å². The number of aromatic nitrogens is 2. The predicted octanol–water partition coefficient (Wildman–Crippen LogP) is 1.37. The van der Waals surface area contributed by atoms with Crippen LogP contribution >= 0.6 is 0 Å². The summed E-state index contributed by atoms with van der Waals surface area (Å²) in [6.07, 6.45) is 1.35. The number of rotatable bonds is 2. The summed E-state index contributed by atoms with van der Waals surface area (Å²) in [4.78, 5) is 18.9. The van der Waals surface area contributed by atoms with E-state index in [1.807, 2.05) is 0 Å². The number of hydrogen-bond donors (Lipinski definition) is 2. The lowest BCUT2D eigenvalue weighted by molar-refractivity contribution is 0.0699. The molecule has 76 valence electrons. The number of benzene rings is 1. The van der Waals surface area contributed by atoms with E-state index in [-0.39, 0.29) is 5.56 Å². The first-order valence-electron chi connectivity index (χ1n) is 4.39. The SMILES string of the molecule is CNc1ncnc2c(C(=O)O)cccc12. The average molecular weight is 203 g/mol. The molecular weight excluding hydrogens is 194 g/mol. The predicted molar refractivity (Wildman–Crippen MR) is 56.0 cm³/mol. The standard InChI is InChI=1S/C10H9N3O2/c1-11-9-6-3-2-4-7(10(14)15)8(6)12-5-13-9/h2-5H,1H3,(H,14,15)(H,11,12,13). The van der Waals surface area contributed by atoms with E-state index in [0.717, 1.165) is 0 Å². The molecule has 2 N–H and O–H groups in total. The van der Waals surface area contributed by atoms with Gasteiger partial charge in [-0.15, -0.1) is 0 Å². The van der Waals surface area contributed by atoms with Crippen molar-refractivity contribution in [2.45, 2.75) is 0 Å². The van der Waals surface area contributed by atoms with Crippen molar-refractivity contribution >= 4 is 22.7 Å². The first kappa shape index (κ1) is 9.39. The van der Waals surface area contributed by atoms with Gasteiger partial charge in [-0.25, -0.2) is 14.8 Å². The van der Waals surface area contributed by atoms with E-state index >= 15 is 0 Å². The smallest absolute Gasteiger partial charge is 0.337 e. The van der Waals surface area contributed by atoms with E-state index in [1.165, 1.54) is 12.4 Å². The molecular formula is C10H9N3O2. The Labute approximate surface area is 85.8 Å². The minimum Gasteiger partial charge on any atom is -0.478 e. The Morgan fingerprint density at radius 1 is 1.40 bits per heavy atom. The third-order valence-corrected chi connectivity index (χ3v) is 2.13. The van der Waals surface area contributed by atoms with Gasteiger partial charge in [0, 0.05) is 12.4 Å². The maximum Gasteiger partial charge on any atom is 0.337 e. The summed E-state index contributed by atoms with van der Waals surface area (Å²) in [5.41, 5.74) is 0.635. The molecule has 0 aliphatic heterocycles. The third kappa shape index (κ3) is 1.48. The van der Waals surface area contributed by atoms with Gasteiger partial charge >= 0.3 is 5.97 Å². The number of hydrogen-bond acceptors (Lipinski definition) is 4. The van der Waals surface area contributed by atoms with Crippen LogP contribution in [0.15, 0.2) is 24.5 Å². The van der Waals surface area contributed by atoms with Gasteiger partial charge in [-0.05, 0) is 12.1 Å². The van der Waals surface area contributed by atoms with Crippen LogP contribution in [0.3, 0.4) is 0 Å². The summed E-state index contributed by atoms with van der Waals surface area (Å²) in [6.45, 7) is 0. The maximum atomic E-state index is 10.9. The molecule has 5 nitrogen and oxygen atoms in total. The Morgan fingerprint density at radius 3 is 2.87 bits per heavy atom. The Kier molecular flexibility index (Phi) is 2.21. The van der Waals surface area contributed by atoms with Gasteiger partial charge < -0.3 is 10.4 Å². The molecule has 1 heterocycles. The van der Waals surface area contributed by atoms with Gasteiger partial charge in [0.05, 0.1) is 11.1 Å². The largest absolute Gasteiger partial charge is 0.478 e. The van der Waals surface area contributed by atoms with Crippen molar-refractivity contribution in [3.8, 4) is 0 Å². The van der Waals surface area contributed by atoms with E-state index in [4.69, 9.17) is 5.11 Å². The molecule has 0 atom stereocenters. The highest BCUT2D eigenvalue weighted by Gasteiger charge is 2.11. The van der Waals surface area contributed by atoms with Crippen LogP contribution in [-0.2, 0) is 0 Å². The van der Waals surface area contributed by atoms with E-state index in [0.29, 0.717) is 16.7 Å². The van der Waals surface area contributed by atoms with Crippen LogP contribution in [0.2, 0.25) is 0 Å². The molecule has 0 amide bonds. The number of carboxylic acid groups (broad SMARTS) is 1. The fourth-order valence-electron chi connectivity index (χ4n) is 1.46. The van der Waals surface area contributed by atoms with Crippen molar-refractivity contribution in [3.63, 3.8) is 0 Å². The summed E-state index contributed by atoms with van der Waals surface area (Å²) in [5.74, 6) is -0.357. The Bertz CT molecular complexity index is 525. The number of anilines is 1. The third-order valence-electron chi connectivity index (χ3n) is 2.13. The van der Waals surface area contributed by atoms with Gasteiger partial charge in [-0.1, -0.05) is 6.07 Å². The molecule has 15 heavy (non-hydrogen) atoms. The highest BCUT2D eigenvalue weighted by Crippen LogP contribution is 2.21. The average Bonchev–Trinajstić information content (AvgIpc) is 2.27. The lowest BCUT2D eigenvalue weighted by Crippen LogP contribution is -2.01. The van der Waals surface area contributed by atoms with Crippen LogP contribution in [0.5, 0.6) is 0 Å². The van der Waals surface area contributed by atoms with Crippen LogP contribution in [0.25, 0.3) is 10.9 Å². The summed E-state index contributed by atoms with van der Waals surface area (Å²) >= 11 is 0. The maximum absolute atomic E-state index is 10.9. The summed E-state index contributed by atoms with van der Waals surface area (Å²) in [6, 6.07) is 4.99. The number of fused-ring (bicyclic) bond motifs is 1. The summed E-state index contributed by atoms with van der Waals surface area (Å²) < 4.78 is 0. The van der Waals surface area contributed by atoms with Gasteiger partial charge in [0.25, 0.3) is 0 Å². The second kappa shape index (κ2) is 3.53. The Morgan fingerprint density at radius 2 is 2.20 bits per heavy atom.